The van der Waals surface area contributed by atoms with Gasteiger partial charge in [0.05, 0.1) is 18.8 Å². The fourth-order valence-corrected chi connectivity index (χ4v) is 3.19. The van der Waals surface area contributed by atoms with Crippen LogP contribution in [-0.4, -0.2) is 31.3 Å². The molecule has 0 aromatic heterocycles. The molecular formula is C18H28IN3O2. The van der Waals surface area contributed by atoms with Crippen molar-refractivity contribution in [1.29, 1.82) is 0 Å². The van der Waals surface area contributed by atoms with Gasteiger partial charge in [-0.2, -0.15) is 0 Å². The van der Waals surface area contributed by atoms with E-state index >= 15 is 0 Å². The Kier molecular flexibility index (Phi) is 8.11. The molecule has 1 saturated heterocycles. The molecule has 0 spiro atoms. The predicted molar refractivity (Wildman–Crippen MR) is 107 cm³/mol. The first kappa shape index (κ1) is 19.3. The van der Waals surface area contributed by atoms with E-state index in [1.165, 1.54) is 12.8 Å². The van der Waals surface area contributed by atoms with E-state index in [4.69, 9.17) is 15.2 Å². The van der Waals surface area contributed by atoms with E-state index in [0.717, 1.165) is 50.1 Å². The molecule has 3 N–H and O–H groups in total. The van der Waals surface area contributed by atoms with Gasteiger partial charge in [0, 0.05) is 18.7 Å². The molecule has 6 heteroatoms. The van der Waals surface area contributed by atoms with Crippen molar-refractivity contribution in [3.05, 3.63) is 29.8 Å². The quantitative estimate of drug-likeness (QED) is 0.401. The summed E-state index contributed by atoms with van der Waals surface area (Å²) in [5, 5.41) is 3.15. The van der Waals surface area contributed by atoms with Gasteiger partial charge < -0.3 is 20.5 Å². The lowest BCUT2D eigenvalue weighted by Gasteiger charge is -2.16. The van der Waals surface area contributed by atoms with Gasteiger partial charge in [-0.3, -0.25) is 0 Å². The lowest BCUT2D eigenvalue weighted by molar-refractivity contribution is 0.114. The average molecular weight is 445 g/mol. The number of nitrogens with zero attached hydrogens (tertiary/aromatic N) is 1. The van der Waals surface area contributed by atoms with Crippen LogP contribution in [0.1, 0.15) is 44.1 Å². The van der Waals surface area contributed by atoms with Gasteiger partial charge in [0.15, 0.2) is 5.96 Å². The van der Waals surface area contributed by atoms with E-state index in [9.17, 15) is 0 Å². The van der Waals surface area contributed by atoms with Crippen molar-refractivity contribution >= 4 is 29.9 Å². The number of guanidine groups is 1. The van der Waals surface area contributed by atoms with Crippen LogP contribution in [0.4, 0.5) is 0 Å². The number of nitrogens with one attached hydrogen (secondary N) is 1. The van der Waals surface area contributed by atoms with Crippen LogP contribution in [0.2, 0.25) is 0 Å². The maximum atomic E-state index is 6.13. The van der Waals surface area contributed by atoms with Crippen molar-refractivity contribution in [3.63, 3.8) is 0 Å². The summed E-state index contributed by atoms with van der Waals surface area (Å²) in [5.41, 5.74) is 7.04. The summed E-state index contributed by atoms with van der Waals surface area (Å²) >= 11 is 0. The van der Waals surface area contributed by atoms with Crippen LogP contribution in [0.25, 0.3) is 0 Å². The zero-order valence-corrected chi connectivity index (χ0v) is 16.4. The Morgan fingerprint density at radius 1 is 1.21 bits per heavy atom. The molecule has 1 aliphatic heterocycles. The summed E-state index contributed by atoms with van der Waals surface area (Å²) < 4.78 is 11.7. The minimum absolute atomic E-state index is 0. The van der Waals surface area contributed by atoms with Crippen LogP contribution in [-0.2, 0) is 11.3 Å². The zero-order chi connectivity index (χ0) is 15.9. The number of ether oxygens (including phenoxy) is 2. The maximum Gasteiger partial charge on any atom is 0.189 e. The number of benzene rings is 1. The molecule has 0 amide bonds. The second-order valence-electron chi connectivity index (χ2n) is 6.35. The number of hydrogen-bond donors (Lipinski definition) is 2. The highest BCUT2D eigenvalue weighted by Crippen LogP contribution is 2.26. The molecule has 1 unspecified atom stereocenters. The average Bonchev–Trinajstić information content (AvgIpc) is 3.25. The molecule has 1 aliphatic carbocycles. The third kappa shape index (κ3) is 5.81. The van der Waals surface area contributed by atoms with Crippen LogP contribution < -0.4 is 15.8 Å². The highest BCUT2D eigenvalue weighted by molar-refractivity contribution is 14.0. The van der Waals surface area contributed by atoms with Gasteiger partial charge in [0.2, 0.25) is 0 Å². The van der Waals surface area contributed by atoms with Crippen LogP contribution in [0.3, 0.4) is 0 Å². The fraction of sp³-hybridized carbons (Fsp3) is 0.611. The first-order chi connectivity index (χ1) is 11.3. The Hall–Kier alpha value is -1.02. The SMILES string of the molecule is I.NC(=NCc1ccccc1OC1CCCC1)NCC1CCCO1. The van der Waals surface area contributed by atoms with Crippen molar-refractivity contribution in [2.24, 2.45) is 10.7 Å². The van der Waals surface area contributed by atoms with E-state index in [2.05, 4.69) is 16.4 Å². The van der Waals surface area contributed by atoms with Crippen molar-refractivity contribution in [2.75, 3.05) is 13.2 Å². The van der Waals surface area contributed by atoms with Crippen molar-refractivity contribution in [3.8, 4) is 5.75 Å². The Morgan fingerprint density at radius 3 is 2.75 bits per heavy atom. The summed E-state index contributed by atoms with van der Waals surface area (Å²) in [4.78, 5) is 4.44. The second kappa shape index (κ2) is 10.1. The van der Waals surface area contributed by atoms with E-state index < -0.39 is 0 Å². The molecular weight excluding hydrogens is 417 g/mol. The molecule has 0 radical (unpaired) electrons. The van der Waals surface area contributed by atoms with Gasteiger partial charge in [-0.1, -0.05) is 18.2 Å². The third-order valence-electron chi connectivity index (χ3n) is 4.52. The van der Waals surface area contributed by atoms with Gasteiger partial charge in [-0.25, -0.2) is 4.99 Å². The normalized spacial score (nSPS) is 21.5. The van der Waals surface area contributed by atoms with Gasteiger partial charge in [0.1, 0.15) is 5.75 Å². The smallest absolute Gasteiger partial charge is 0.189 e. The van der Waals surface area contributed by atoms with Gasteiger partial charge in [-0.05, 0) is 44.6 Å². The van der Waals surface area contributed by atoms with E-state index in [0.29, 0.717) is 18.6 Å². The Labute approximate surface area is 161 Å². The van der Waals surface area contributed by atoms with Crippen molar-refractivity contribution in [2.45, 2.75) is 57.3 Å². The maximum absolute atomic E-state index is 6.13. The number of para-hydroxylation sites is 1. The third-order valence-corrected chi connectivity index (χ3v) is 4.52. The van der Waals surface area contributed by atoms with Crippen LogP contribution in [0.15, 0.2) is 29.3 Å². The summed E-state index contributed by atoms with van der Waals surface area (Å²) in [6, 6.07) is 8.11. The molecule has 1 atom stereocenters. The molecule has 3 rings (SSSR count). The van der Waals surface area contributed by atoms with Gasteiger partial charge in [-0.15, -0.1) is 24.0 Å². The highest BCUT2D eigenvalue weighted by atomic mass is 127. The van der Waals surface area contributed by atoms with Crippen molar-refractivity contribution in [1.82, 2.24) is 5.32 Å². The fourth-order valence-electron chi connectivity index (χ4n) is 3.19. The second-order valence-corrected chi connectivity index (χ2v) is 6.35. The minimum Gasteiger partial charge on any atom is -0.490 e. The summed E-state index contributed by atoms with van der Waals surface area (Å²) in [5.74, 6) is 1.41. The molecule has 134 valence electrons. The topological polar surface area (TPSA) is 68.9 Å². The highest BCUT2D eigenvalue weighted by Gasteiger charge is 2.18. The number of nitrogens with two attached hydrogens (primary N) is 1. The van der Waals surface area contributed by atoms with Crippen LogP contribution >= 0.6 is 24.0 Å². The van der Waals surface area contributed by atoms with Crippen molar-refractivity contribution < 1.29 is 9.47 Å². The first-order valence-corrected chi connectivity index (χ1v) is 8.71. The first-order valence-electron chi connectivity index (χ1n) is 8.71. The van der Waals surface area contributed by atoms with Crippen LogP contribution in [0, 0.1) is 0 Å². The molecule has 1 heterocycles. The molecule has 1 aromatic rings. The Bertz CT molecular complexity index is 527. The molecule has 5 nitrogen and oxygen atoms in total. The zero-order valence-electron chi connectivity index (χ0n) is 14.1. The van der Waals surface area contributed by atoms with E-state index in [-0.39, 0.29) is 30.1 Å². The molecule has 1 saturated carbocycles. The Balaban J connectivity index is 0.00000208. The minimum atomic E-state index is 0. The Morgan fingerprint density at radius 2 is 2.00 bits per heavy atom. The molecule has 2 fully saturated rings. The number of halogens is 1. The molecule has 2 aliphatic rings. The predicted octanol–water partition coefficient (Wildman–Crippen LogP) is 3.21. The largest absolute Gasteiger partial charge is 0.490 e. The number of aliphatic imine (C=N–C) groups is 1. The number of rotatable bonds is 6. The standard InChI is InChI=1S/C18H27N3O2.HI/c19-18(21-13-16-9-5-11-22-16)20-12-14-6-1-4-10-17(14)23-15-7-2-3-8-15;/h1,4,6,10,15-16H,2-3,5,7-9,11-13H2,(H3,19,20,21);1H. The van der Waals surface area contributed by atoms with E-state index in [1.807, 2.05) is 18.2 Å². The van der Waals surface area contributed by atoms with Gasteiger partial charge >= 0.3 is 0 Å². The van der Waals surface area contributed by atoms with Crippen LogP contribution in [0.5, 0.6) is 5.75 Å². The summed E-state index contributed by atoms with van der Waals surface area (Å²) in [6.07, 6.45) is 7.70. The summed E-state index contributed by atoms with van der Waals surface area (Å²) in [7, 11) is 0. The molecule has 24 heavy (non-hydrogen) atoms. The lowest BCUT2D eigenvalue weighted by Crippen LogP contribution is -2.37. The van der Waals surface area contributed by atoms with E-state index in [1.54, 1.807) is 0 Å². The van der Waals surface area contributed by atoms with Gasteiger partial charge in [0.25, 0.3) is 0 Å². The lowest BCUT2D eigenvalue weighted by atomic mass is 10.2. The summed E-state index contributed by atoms with van der Waals surface area (Å²) in [6.45, 7) is 2.12. The monoisotopic (exact) mass is 445 g/mol. The molecule has 0 bridgehead atoms. The number of hydrogen-bond acceptors (Lipinski definition) is 3. The molecule has 1 aromatic carbocycles.